The van der Waals surface area contributed by atoms with Crippen molar-refractivity contribution in [3.05, 3.63) is 30.3 Å². The Morgan fingerprint density at radius 3 is 2.17 bits per heavy atom. The molecule has 0 saturated heterocycles. The maximum Gasteiger partial charge on any atom is 0.243 e. The lowest BCUT2D eigenvalue weighted by Gasteiger charge is -2.21. The Morgan fingerprint density at radius 1 is 1.11 bits per heavy atom. The summed E-state index contributed by atoms with van der Waals surface area (Å²) in [7, 11) is -3.37. The van der Waals surface area contributed by atoms with Gasteiger partial charge in [-0.15, -0.1) is 0 Å². The van der Waals surface area contributed by atoms with Gasteiger partial charge in [0.2, 0.25) is 10.0 Å². The molecular formula is C14H22NO2S. The highest BCUT2D eigenvalue weighted by atomic mass is 32.2. The first kappa shape index (κ1) is 15.2. The molecule has 1 aromatic rings. The minimum Gasteiger partial charge on any atom is -0.207 e. The van der Waals surface area contributed by atoms with Crippen molar-refractivity contribution in [3.8, 4) is 0 Å². The van der Waals surface area contributed by atoms with Crippen LogP contribution in [-0.4, -0.2) is 25.8 Å². The molecular weight excluding hydrogens is 246 g/mol. The van der Waals surface area contributed by atoms with Gasteiger partial charge in [0.15, 0.2) is 0 Å². The van der Waals surface area contributed by atoms with Gasteiger partial charge in [-0.1, -0.05) is 44.9 Å². The zero-order valence-corrected chi connectivity index (χ0v) is 12.0. The molecule has 3 nitrogen and oxygen atoms in total. The molecule has 1 aromatic carbocycles. The number of rotatable bonds is 8. The third-order valence-electron chi connectivity index (χ3n) is 2.82. The number of benzene rings is 1. The Hall–Kier alpha value is -0.870. The Morgan fingerprint density at radius 2 is 1.72 bits per heavy atom. The van der Waals surface area contributed by atoms with Crippen LogP contribution < -0.4 is 0 Å². The van der Waals surface area contributed by atoms with Crippen LogP contribution in [0.5, 0.6) is 0 Å². The van der Waals surface area contributed by atoms with E-state index >= 15 is 0 Å². The predicted octanol–water partition coefficient (Wildman–Crippen LogP) is 3.08. The van der Waals surface area contributed by atoms with E-state index in [1.165, 1.54) is 0 Å². The molecule has 0 saturated carbocycles. The van der Waals surface area contributed by atoms with Gasteiger partial charge in [-0.3, -0.25) is 0 Å². The average Bonchev–Trinajstić information content (AvgIpc) is 2.39. The van der Waals surface area contributed by atoms with Gasteiger partial charge in [-0.25, -0.2) is 8.42 Å². The van der Waals surface area contributed by atoms with Crippen LogP contribution in [0, 0.1) is 6.07 Å². The standard InChI is InChI=1S/C14H22NO2S/c1-3-5-12-15(13-6-4-2)18(16,17)14-10-8-7-9-11-14/h7-10H,3-6,12-13H2,1-2H3. The molecule has 0 aromatic heterocycles. The normalized spacial score (nSPS) is 11.9. The quantitative estimate of drug-likeness (QED) is 0.726. The van der Waals surface area contributed by atoms with E-state index in [1.807, 2.05) is 0 Å². The summed E-state index contributed by atoms with van der Waals surface area (Å²) >= 11 is 0. The minimum absolute atomic E-state index is 0.275. The first-order valence-electron chi connectivity index (χ1n) is 6.59. The summed E-state index contributed by atoms with van der Waals surface area (Å²) < 4.78 is 26.5. The van der Waals surface area contributed by atoms with Gasteiger partial charge in [0.25, 0.3) is 0 Å². The SMILES string of the molecule is CCCCN(CCCC)S(=O)(=O)c1[c]cccc1. The Bertz CT molecular complexity index is 420. The van der Waals surface area contributed by atoms with Crippen LogP contribution >= 0.6 is 0 Å². The molecule has 0 N–H and O–H groups in total. The Kier molecular flexibility index (Phi) is 6.36. The molecule has 0 amide bonds. The van der Waals surface area contributed by atoms with E-state index in [0.29, 0.717) is 13.1 Å². The molecule has 1 radical (unpaired) electrons. The summed E-state index contributed by atoms with van der Waals surface area (Å²) in [6.45, 7) is 5.33. The van der Waals surface area contributed by atoms with Gasteiger partial charge < -0.3 is 0 Å². The number of hydrogen-bond acceptors (Lipinski definition) is 2. The zero-order valence-electron chi connectivity index (χ0n) is 11.2. The summed E-state index contributed by atoms with van der Waals surface area (Å²) in [4.78, 5) is 0.275. The minimum atomic E-state index is -3.37. The molecule has 0 atom stereocenters. The highest BCUT2D eigenvalue weighted by Gasteiger charge is 2.23. The van der Waals surface area contributed by atoms with Crippen molar-refractivity contribution in [1.82, 2.24) is 4.31 Å². The largest absolute Gasteiger partial charge is 0.243 e. The molecule has 1 rings (SSSR count). The van der Waals surface area contributed by atoms with Crippen molar-refractivity contribution >= 4 is 10.0 Å². The third kappa shape index (κ3) is 4.10. The second-order valence-corrected chi connectivity index (χ2v) is 6.24. The highest BCUT2D eigenvalue weighted by Crippen LogP contribution is 2.16. The molecule has 0 heterocycles. The molecule has 4 heteroatoms. The molecule has 101 valence electrons. The van der Waals surface area contributed by atoms with E-state index in [1.54, 1.807) is 28.6 Å². The van der Waals surface area contributed by atoms with Gasteiger partial charge in [0.1, 0.15) is 0 Å². The summed E-state index contributed by atoms with van der Waals surface area (Å²) in [5.41, 5.74) is 0. The van der Waals surface area contributed by atoms with Crippen LogP contribution in [0.15, 0.2) is 29.2 Å². The van der Waals surface area contributed by atoms with Gasteiger partial charge in [-0.05, 0) is 18.9 Å². The van der Waals surface area contributed by atoms with Crippen LogP contribution in [-0.2, 0) is 10.0 Å². The van der Waals surface area contributed by atoms with E-state index in [0.717, 1.165) is 25.7 Å². The van der Waals surface area contributed by atoms with Crippen molar-refractivity contribution in [1.29, 1.82) is 0 Å². The smallest absolute Gasteiger partial charge is 0.207 e. The molecule has 0 aliphatic carbocycles. The molecule has 0 aliphatic rings. The van der Waals surface area contributed by atoms with Crippen molar-refractivity contribution in [2.75, 3.05) is 13.1 Å². The van der Waals surface area contributed by atoms with E-state index in [4.69, 9.17) is 0 Å². The summed E-state index contributed by atoms with van der Waals surface area (Å²) in [6.07, 6.45) is 3.79. The lowest BCUT2D eigenvalue weighted by atomic mass is 10.3. The second-order valence-electron chi connectivity index (χ2n) is 4.34. The average molecular weight is 268 g/mol. The van der Waals surface area contributed by atoms with Crippen LogP contribution in [0.25, 0.3) is 0 Å². The zero-order chi connectivity index (χ0) is 13.4. The molecule has 0 unspecified atom stereocenters. The van der Waals surface area contributed by atoms with E-state index < -0.39 is 10.0 Å². The fourth-order valence-electron chi connectivity index (χ4n) is 1.70. The van der Waals surface area contributed by atoms with Crippen LogP contribution in [0.1, 0.15) is 39.5 Å². The van der Waals surface area contributed by atoms with E-state index in [-0.39, 0.29) is 4.90 Å². The third-order valence-corrected chi connectivity index (χ3v) is 4.68. The Balaban J connectivity index is 2.88. The highest BCUT2D eigenvalue weighted by molar-refractivity contribution is 7.89. The molecule has 18 heavy (non-hydrogen) atoms. The Labute approximate surface area is 111 Å². The predicted molar refractivity (Wildman–Crippen MR) is 73.9 cm³/mol. The van der Waals surface area contributed by atoms with Crippen molar-refractivity contribution in [2.45, 2.75) is 44.4 Å². The number of sulfonamides is 1. The topological polar surface area (TPSA) is 37.4 Å². The number of hydrogen-bond donors (Lipinski definition) is 0. The van der Waals surface area contributed by atoms with E-state index in [9.17, 15) is 8.42 Å². The summed E-state index contributed by atoms with van der Waals surface area (Å²) in [6, 6.07) is 9.58. The van der Waals surface area contributed by atoms with Crippen molar-refractivity contribution in [2.24, 2.45) is 0 Å². The first-order chi connectivity index (χ1) is 8.62. The van der Waals surface area contributed by atoms with Crippen LogP contribution in [0.3, 0.4) is 0 Å². The van der Waals surface area contributed by atoms with Crippen LogP contribution in [0.2, 0.25) is 0 Å². The fourth-order valence-corrected chi connectivity index (χ4v) is 3.18. The summed E-state index contributed by atoms with van der Waals surface area (Å²) in [5.74, 6) is 0. The fraction of sp³-hybridized carbons (Fsp3) is 0.571. The van der Waals surface area contributed by atoms with Crippen molar-refractivity contribution in [3.63, 3.8) is 0 Å². The molecule has 0 spiro atoms. The molecule has 0 fully saturated rings. The maximum atomic E-state index is 12.4. The lowest BCUT2D eigenvalue weighted by Crippen LogP contribution is -2.33. The second kappa shape index (κ2) is 7.54. The molecule has 0 bridgehead atoms. The monoisotopic (exact) mass is 268 g/mol. The molecule has 0 aliphatic heterocycles. The van der Waals surface area contributed by atoms with Gasteiger partial charge in [-0.2, -0.15) is 4.31 Å². The number of nitrogens with zero attached hydrogens (tertiary/aromatic N) is 1. The lowest BCUT2D eigenvalue weighted by molar-refractivity contribution is 0.395. The van der Waals surface area contributed by atoms with Crippen molar-refractivity contribution < 1.29 is 8.42 Å². The number of unbranched alkanes of at least 4 members (excludes halogenated alkanes) is 2. The van der Waals surface area contributed by atoms with Gasteiger partial charge in [0, 0.05) is 19.2 Å². The van der Waals surface area contributed by atoms with Gasteiger partial charge in [0.05, 0.1) is 4.90 Å². The van der Waals surface area contributed by atoms with E-state index in [2.05, 4.69) is 19.9 Å². The van der Waals surface area contributed by atoms with Crippen LogP contribution in [0.4, 0.5) is 0 Å². The van der Waals surface area contributed by atoms with Gasteiger partial charge >= 0.3 is 0 Å². The first-order valence-corrected chi connectivity index (χ1v) is 8.03. The summed E-state index contributed by atoms with van der Waals surface area (Å²) in [5, 5.41) is 0. The maximum absolute atomic E-state index is 12.4.